The monoisotopic (exact) mass is 196 g/mol. The summed E-state index contributed by atoms with van der Waals surface area (Å²) in [6, 6.07) is 0.365. The van der Waals surface area contributed by atoms with E-state index in [2.05, 4.69) is 5.32 Å². The zero-order valence-corrected chi connectivity index (χ0v) is 8.83. The molecule has 0 saturated heterocycles. The van der Waals surface area contributed by atoms with E-state index in [-0.39, 0.29) is 11.8 Å². The van der Waals surface area contributed by atoms with Crippen molar-refractivity contribution in [2.24, 2.45) is 23.5 Å². The minimum Gasteiger partial charge on any atom is -0.359 e. The Labute approximate surface area is 85.4 Å². The molecule has 2 aliphatic rings. The average molecular weight is 196 g/mol. The molecule has 80 valence electrons. The average Bonchev–Trinajstić information content (AvgIpc) is 2.16. The number of rotatable bonds is 1. The van der Waals surface area contributed by atoms with Gasteiger partial charge in [-0.15, -0.1) is 0 Å². The molecule has 2 atom stereocenters. The molecular formula is C11H20N2O. The van der Waals surface area contributed by atoms with Crippen LogP contribution in [0.4, 0.5) is 0 Å². The highest BCUT2D eigenvalue weighted by molar-refractivity contribution is 5.78. The summed E-state index contributed by atoms with van der Waals surface area (Å²) in [6.07, 6.45) is 5.79. The first kappa shape index (κ1) is 9.97. The van der Waals surface area contributed by atoms with Crippen molar-refractivity contribution >= 4 is 5.91 Å². The van der Waals surface area contributed by atoms with Gasteiger partial charge in [0.05, 0.1) is 0 Å². The Balaban J connectivity index is 2.03. The highest BCUT2D eigenvalue weighted by Crippen LogP contribution is 2.41. The van der Waals surface area contributed by atoms with Crippen molar-refractivity contribution in [3.63, 3.8) is 0 Å². The molecule has 2 saturated carbocycles. The van der Waals surface area contributed by atoms with Crippen LogP contribution in [-0.2, 0) is 4.79 Å². The van der Waals surface area contributed by atoms with Gasteiger partial charge >= 0.3 is 0 Å². The van der Waals surface area contributed by atoms with Gasteiger partial charge in [0, 0.05) is 19.0 Å². The van der Waals surface area contributed by atoms with Gasteiger partial charge < -0.3 is 11.1 Å². The van der Waals surface area contributed by atoms with E-state index in [1.54, 1.807) is 7.05 Å². The molecule has 2 unspecified atom stereocenters. The first-order valence-corrected chi connectivity index (χ1v) is 5.69. The van der Waals surface area contributed by atoms with E-state index >= 15 is 0 Å². The zero-order chi connectivity index (χ0) is 10.1. The molecule has 14 heavy (non-hydrogen) atoms. The third-order valence-corrected chi connectivity index (χ3v) is 4.03. The summed E-state index contributed by atoms with van der Waals surface area (Å²) in [5, 5.41) is 2.76. The summed E-state index contributed by atoms with van der Waals surface area (Å²) in [5.74, 6) is 1.65. The molecule has 2 bridgehead atoms. The molecule has 2 aliphatic carbocycles. The Kier molecular flexibility index (Phi) is 2.77. The lowest BCUT2D eigenvalue weighted by Gasteiger charge is -2.43. The molecule has 2 fully saturated rings. The minimum absolute atomic E-state index is 0.216. The molecule has 0 aromatic carbocycles. The van der Waals surface area contributed by atoms with Crippen LogP contribution in [0.1, 0.15) is 32.1 Å². The number of nitrogens with one attached hydrogen (secondary N) is 1. The number of amides is 1. The Bertz CT molecular complexity index is 215. The van der Waals surface area contributed by atoms with Gasteiger partial charge in [0.2, 0.25) is 5.91 Å². The number of carbonyl (C=O) groups is 1. The summed E-state index contributed by atoms with van der Waals surface area (Å²) >= 11 is 0. The third kappa shape index (κ3) is 1.65. The standard InChI is InChI=1S/C11H20N2O/c1-13-11(14)9-5-7-3-2-4-8(6-9)10(7)12/h7-10H,2-6,12H2,1H3,(H,13,14). The van der Waals surface area contributed by atoms with Crippen LogP contribution in [-0.4, -0.2) is 19.0 Å². The largest absolute Gasteiger partial charge is 0.359 e. The van der Waals surface area contributed by atoms with Crippen LogP contribution in [0.3, 0.4) is 0 Å². The van der Waals surface area contributed by atoms with Gasteiger partial charge in [-0.3, -0.25) is 4.79 Å². The van der Waals surface area contributed by atoms with Crippen LogP contribution in [0.25, 0.3) is 0 Å². The molecule has 0 aromatic rings. The van der Waals surface area contributed by atoms with Gasteiger partial charge in [-0.2, -0.15) is 0 Å². The van der Waals surface area contributed by atoms with Crippen LogP contribution in [0.2, 0.25) is 0 Å². The van der Waals surface area contributed by atoms with Crippen LogP contribution in [0.15, 0.2) is 0 Å². The number of hydrogen-bond donors (Lipinski definition) is 2. The first-order valence-electron chi connectivity index (χ1n) is 5.69. The van der Waals surface area contributed by atoms with Crippen molar-refractivity contribution < 1.29 is 4.79 Å². The third-order valence-electron chi connectivity index (χ3n) is 4.03. The first-order chi connectivity index (χ1) is 6.72. The predicted octanol–water partition coefficient (Wildman–Crippen LogP) is 0.886. The van der Waals surface area contributed by atoms with Gasteiger partial charge in [0.25, 0.3) is 0 Å². The molecule has 3 heteroatoms. The Morgan fingerprint density at radius 2 is 1.86 bits per heavy atom. The molecule has 0 aromatic heterocycles. The summed E-state index contributed by atoms with van der Waals surface area (Å²) in [4.78, 5) is 11.6. The number of carbonyl (C=O) groups excluding carboxylic acids is 1. The fourth-order valence-electron chi connectivity index (χ4n) is 3.21. The van der Waals surface area contributed by atoms with Crippen LogP contribution >= 0.6 is 0 Å². The van der Waals surface area contributed by atoms with Gasteiger partial charge in [0.15, 0.2) is 0 Å². The van der Waals surface area contributed by atoms with Crippen molar-refractivity contribution in [1.29, 1.82) is 0 Å². The molecule has 3 nitrogen and oxygen atoms in total. The van der Waals surface area contributed by atoms with E-state index in [1.807, 2.05) is 0 Å². The van der Waals surface area contributed by atoms with Crippen LogP contribution < -0.4 is 11.1 Å². The SMILES string of the molecule is CNC(=O)C1CC2CCCC(C1)C2N. The van der Waals surface area contributed by atoms with Crippen molar-refractivity contribution in [3.05, 3.63) is 0 Å². The van der Waals surface area contributed by atoms with E-state index in [4.69, 9.17) is 5.73 Å². The van der Waals surface area contributed by atoms with E-state index in [1.165, 1.54) is 19.3 Å². The van der Waals surface area contributed by atoms with Crippen LogP contribution in [0, 0.1) is 17.8 Å². The van der Waals surface area contributed by atoms with Gasteiger partial charge in [-0.1, -0.05) is 6.42 Å². The summed E-state index contributed by atoms with van der Waals surface area (Å²) in [7, 11) is 1.73. The van der Waals surface area contributed by atoms with Crippen molar-refractivity contribution in [1.82, 2.24) is 5.32 Å². The molecule has 0 heterocycles. The molecule has 3 N–H and O–H groups in total. The molecule has 2 rings (SSSR count). The molecule has 0 aliphatic heterocycles. The Hall–Kier alpha value is -0.570. The number of hydrogen-bond acceptors (Lipinski definition) is 2. The maximum absolute atomic E-state index is 11.6. The fraction of sp³-hybridized carbons (Fsp3) is 0.909. The summed E-state index contributed by atoms with van der Waals surface area (Å²) in [6.45, 7) is 0. The normalized spacial score (nSPS) is 41.9. The smallest absolute Gasteiger partial charge is 0.222 e. The predicted molar refractivity (Wildman–Crippen MR) is 55.6 cm³/mol. The highest BCUT2D eigenvalue weighted by atomic mass is 16.1. The summed E-state index contributed by atoms with van der Waals surface area (Å²) < 4.78 is 0. The molecule has 0 spiro atoms. The second-order valence-electron chi connectivity index (χ2n) is 4.81. The zero-order valence-electron chi connectivity index (χ0n) is 8.83. The minimum atomic E-state index is 0.216. The van der Waals surface area contributed by atoms with Crippen molar-refractivity contribution in [2.45, 2.75) is 38.1 Å². The molecule has 0 radical (unpaired) electrons. The van der Waals surface area contributed by atoms with Gasteiger partial charge in [0.1, 0.15) is 0 Å². The highest BCUT2D eigenvalue weighted by Gasteiger charge is 2.40. The van der Waals surface area contributed by atoms with Gasteiger partial charge in [-0.05, 0) is 37.5 Å². The van der Waals surface area contributed by atoms with Gasteiger partial charge in [-0.25, -0.2) is 0 Å². The van der Waals surface area contributed by atoms with E-state index in [0.29, 0.717) is 17.9 Å². The van der Waals surface area contributed by atoms with Crippen molar-refractivity contribution in [3.8, 4) is 0 Å². The van der Waals surface area contributed by atoms with Crippen molar-refractivity contribution in [2.75, 3.05) is 7.05 Å². The maximum atomic E-state index is 11.6. The van der Waals surface area contributed by atoms with E-state index in [0.717, 1.165) is 12.8 Å². The van der Waals surface area contributed by atoms with Crippen LogP contribution in [0.5, 0.6) is 0 Å². The number of nitrogens with two attached hydrogens (primary N) is 1. The fourth-order valence-corrected chi connectivity index (χ4v) is 3.21. The second-order valence-corrected chi connectivity index (χ2v) is 4.81. The quantitative estimate of drug-likeness (QED) is 0.654. The summed E-state index contributed by atoms with van der Waals surface area (Å²) in [5.41, 5.74) is 6.16. The Morgan fingerprint density at radius 3 is 2.36 bits per heavy atom. The lowest BCUT2D eigenvalue weighted by atomic mass is 9.65. The topological polar surface area (TPSA) is 55.1 Å². The molecule has 1 amide bonds. The number of fused-ring (bicyclic) bond motifs is 2. The second kappa shape index (κ2) is 3.89. The maximum Gasteiger partial charge on any atom is 0.222 e. The lowest BCUT2D eigenvalue weighted by Crippen LogP contribution is -2.48. The van der Waals surface area contributed by atoms with E-state index < -0.39 is 0 Å². The Morgan fingerprint density at radius 1 is 1.29 bits per heavy atom. The lowest BCUT2D eigenvalue weighted by molar-refractivity contribution is -0.127. The molecular weight excluding hydrogens is 176 g/mol. The van der Waals surface area contributed by atoms with E-state index in [9.17, 15) is 4.79 Å².